The van der Waals surface area contributed by atoms with Crippen LogP contribution in [0.1, 0.15) is 18.0 Å². The summed E-state index contributed by atoms with van der Waals surface area (Å²) < 4.78 is 28.5. The highest BCUT2D eigenvalue weighted by Gasteiger charge is 2.12. The third-order valence-corrected chi connectivity index (χ3v) is 1.12. The fourth-order valence-corrected chi connectivity index (χ4v) is 0.658. The standard InChI is InChI=1S/C6H8F2N2O/c1-9-2-5-10-4(3-11-5)6(7)8/h3,6,9H,2H2,1H3. The lowest BCUT2D eigenvalue weighted by Crippen LogP contribution is -2.05. The molecule has 62 valence electrons. The summed E-state index contributed by atoms with van der Waals surface area (Å²) in [6, 6.07) is 0. The van der Waals surface area contributed by atoms with Crippen molar-refractivity contribution in [1.82, 2.24) is 10.3 Å². The number of hydrogen-bond acceptors (Lipinski definition) is 3. The average Bonchev–Trinajstić information content (AvgIpc) is 2.37. The van der Waals surface area contributed by atoms with E-state index in [9.17, 15) is 8.78 Å². The minimum Gasteiger partial charge on any atom is -0.447 e. The highest BCUT2D eigenvalue weighted by atomic mass is 19.3. The molecule has 1 aromatic heterocycles. The Kier molecular flexibility index (Phi) is 2.53. The van der Waals surface area contributed by atoms with Crippen LogP contribution in [0, 0.1) is 0 Å². The number of halogens is 2. The maximum absolute atomic E-state index is 11.9. The molecule has 3 nitrogen and oxygen atoms in total. The number of nitrogens with one attached hydrogen (secondary N) is 1. The predicted molar refractivity (Wildman–Crippen MR) is 34.2 cm³/mol. The van der Waals surface area contributed by atoms with Crippen molar-refractivity contribution < 1.29 is 13.2 Å². The fraction of sp³-hybridized carbons (Fsp3) is 0.500. The average molecular weight is 162 g/mol. The summed E-state index contributed by atoms with van der Waals surface area (Å²) in [6.45, 7) is 0.368. The van der Waals surface area contributed by atoms with Crippen LogP contribution in [0.3, 0.4) is 0 Å². The first-order chi connectivity index (χ1) is 5.24. The van der Waals surface area contributed by atoms with Gasteiger partial charge in [0, 0.05) is 0 Å². The molecule has 1 rings (SSSR count). The van der Waals surface area contributed by atoms with Gasteiger partial charge < -0.3 is 9.73 Å². The summed E-state index contributed by atoms with van der Waals surface area (Å²) in [7, 11) is 1.69. The lowest BCUT2D eigenvalue weighted by molar-refractivity contribution is 0.146. The second-order valence-electron chi connectivity index (χ2n) is 2.00. The molecule has 0 aromatic carbocycles. The van der Waals surface area contributed by atoms with Crippen LogP contribution in [-0.4, -0.2) is 12.0 Å². The van der Waals surface area contributed by atoms with Gasteiger partial charge in [0.2, 0.25) is 5.89 Å². The third-order valence-electron chi connectivity index (χ3n) is 1.12. The zero-order valence-corrected chi connectivity index (χ0v) is 5.97. The highest BCUT2D eigenvalue weighted by Crippen LogP contribution is 2.16. The Balaban J connectivity index is 2.66. The normalized spacial score (nSPS) is 10.9. The SMILES string of the molecule is CNCc1nc(C(F)F)co1. The number of alkyl halides is 2. The highest BCUT2D eigenvalue weighted by molar-refractivity contribution is 4.97. The predicted octanol–water partition coefficient (Wildman–Crippen LogP) is 1.33. The minimum atomic E-state index is -2.55. The molecular weight excluding hydrogens is 154 g/mol. The summed E-state index contributed by atoms with van der Waals surface area (Å²) in [5, 5.41) is 2.74. The lowest BCUT2D eigenvalue weighted by Gasteiger charge is -1.89. The van der Waals surface area contributed by atoms with Gasteiger partial charge in [0.25, 0.3) is 6.43 Å². The van der Waals surface area contributed by atoms with Gasteiger partial charge in [0.05, 0.1) is 6.54 Å². The Morgan fingerprint density at radius 2 is 2.45 bits per heavy atom. The van der Waals surface area contributed by atoms with Crippen molar-refractivity contribution in [3.63, 3.8) is 0 Å². The molecule has 0 aliphatic rings. The van der Waals surface area contributed by atoms with Gasteiger partial charge in [-0.05, 0) is 7.05 Å². The molecule has 1 N–H and O–H groups in total. The van der Waals surface area contributed by atoms with Crippen LogP contribution < -0.4 is 5.32 Å². The number of nitrogens with zero attached hydrogens (tertiary/aromatic N) is 1. The van der Waals surface area contributed by atoms with Crippen LogP contribution >= 0.6 is 0 Å². The van der Waals surface area contributed by atoms with E-state index >= 15 is 0 Å². The number of hydrogen-bond donors (Lipinski definition) is 1. The van der Waals surface area contributed by atoms with E-state index in [0.29, 0.717) is 6.54 Å². The molecule has 0 aliphatic heterocycles. The monoisotopic (exact) mass is 162 g/mol. The lowest BCUT2D eigenvalue weighted by atomic mass is 10.5. The van der Waals surface area contributed by atoms with E-state index in [0.717, 1.165) is 6.26 Å². The summed E-state index contributed by atoms with van der Waals surface area (Å²) >= 11 is 0. The van der Waals surface area contributed by atoms with Crippen molar-refractivity contribution in [3.05, 3.63) is 17.8 Å². The Labute approximate surface area is 62.4 Å². The molecule has 11 heavy (non-hydrogen) atoms. The molecule has 0 bridgehead atoms. The number of oxazole rings is 1. The van der Waals surface area contributed by atoms with Gasteiger partial charge in [0.15, 0.2) is 0 Å². The Hall–Kier alpha value is -0.970. The van der Waals surface area contributed by atoms with Gasteiger partial charge in [-0.1, -0.05) is 0 Å². The molecule has 5 heteroatoms. The van der Waals surface area contributed by atoms with Crippen molar-refractivity contribution in [2.75, 3.05) is 7.05 Å². The van der Waals surface area contributed by atoms with Crippen LogP contribution in [0.25, 0.3) is 0 Å². The maximum Gasteiger partial charge on any atom is 0.283 e. The molecule has 1 aromatic rings. The smallest absolute Gasteiger partial charge is 0.283 e. The first-order valence-electron chi connectivity index (χ1n) is 3.11. The second-order valence-corrected chi connectivity index (χ2v) is 2.00. The van der Waals surface area contributed by atoms with Gasteiger partial charge >= 0.3 is 0 Å². The fourth-order valence-electron chi connectivity index (χ4n) is 0.658. The van der Waals surface area contributed by atoms with Gasteiger partial charge in [-0.3, -0.25) is 0 Å². The Bertz CT molecular complexity index is 224. The van der Waals surface area contributed by atoms with Crippen molar-refractivity contribution >= 4 is 0 Å². The zero-order chi connectivity index (χ0) is 8.27. The topological polar surface area (TPSA) is 38.1 Å². The second kappa shape index (κ2) is 3.43. The molecule has 0 amide bonds. The van der Waals surface area contributed by atoms with Gasteiger partial charge in [-0.2, -0.15) is 0 Å². The van der Waals surface area contributed by atoms with Crippen LogP contribution in [-0.2, 0) is 6.54 Å². The van der Waals surface area contributed by atoms with E-state index in [1.54, 1.807) is 7.05 Å². The summed E-state index contributed by atoms with van der Waals surface area (Å²) in [5.41, 5.74) is -0.310. The quantitative estimate of drug-likeness (QED) is 0.728. The molecule has 0 saturated carbocycles. The molecule has 0 radical (unpaired) electrons. The van der Waals surface area contributed by atoms with E-state index in [1.165, 1.54) is 0 Å². The van der Waals surface area contributed by atoms with E-state index in [1.807, 2.05) is 0 Å². The van der Waals surface area contributed by atoms with Crippen LogP contribution in [0.4, 0.5) is 8.78 Å². The van der Waals surface area contributed by atoms with E-state index in [-0.39, 0.29) is 11.6 Å². The van der Waals surface area contributed by atoms with Crippen LogP contribution in [0.5, 0.6) is 0 Å². The molecule has 0 aliphatic carbocycles. The molecule has 0 fully saturated rings. The Morgan fingerprint density at radius 3 is 2.91 bits per heavy atom. The molecule has 0 spiro atoms. The van der Waals surface area contributed by atoms with Gasteiger partial charge in [-0.15, -0.1) is 0 Å². The van der Waals surface area contributed by atoms with E-state index < -0.39 is 6.43 Å². The first kappa shape index (κ1) is 8.13. The summed E-state index contributed by atoms with van der Waals surface area (Å²) in [5.74, 6) is 0.280. The maximum atomic E-state index is 11.9. The van der Waals surface area contributed by atoms with Crippen LogP contribution in [0.15, 0.2) is 10.7 Å². The zero-order valence-electron chi connectivity index (χ0n) is 5.97. The molecule has 1 heterocycles. The largest absolute Gasteiger partial charge is 0.447 e. The number of aromatic nitrogens is 1. The number of rotatable bonds is 3. The van der Waals surface area contributed by atoms with Crippen LogP contribution in [0.2, 0.25) is 0 Å². The van der Waals surface area contributed by atoms with E-state index in [2.05, 4.69) is 10.3 Å². The third kappa shape index (κ3) is 1.98. The molecular formula is C6H8F2N2O. The Morgan fingerprint density at radius 1 is 1.73 bits per heavy atom. The summed E-state index contributed by atoms with van der Waals surface area (Å²) in [4.78, 5) is 3.52. The van der Waals surface area contributed by atoms with Crippen molar-refractivity contribution in [2.45, 2.75) is 13.0 Å². The van der Waals surface area contributed by atoms with Gasteiger partial charge in [0.1, 0.15) is 12.0 Å². The first-order valence-corrected chi connectivity index (χ1v) is 3.11. The molecule has 0 saturated heterocycles. The van der Waals surface area contributed by atoms with Crippen molar-refractivity contribution in [1.29, 1.82) is 0 Å². The minimum absolute atomic E-state index is 0.280. The molecule has 0 atom stereocenters. The van der Waals surface area contributed by atoms with Crippen molar-refractivity contribution in [3.8, 4) is 0 Å². The summed E-state index contributed by atoms with van der Waals surface area (Å²) in [6.07, 6.45) is -1.58. The van der Waals surface area contributed by atoms with E-state index in [4.69, 9.17) is 4.42 Å². The van der Waals surface area contributed by atoms with Crippen molar-refractivity contribution in [2.24, 2.45) is 0 Å². The van der Waals surface area contributed by atoms with Gasteiger partial charge in [-0.25, -0.2) is 13.8 Å². The molecule has 0 unspecified atom stereocenters.